The lowest BCUT2D eigenvalue weighted by molar-refractivity contribution is 0.172. The van der Waals surface area contributed by atoms with Crippen LogP contribution in [-0.4, -0.2) is 5.67 Å². The van der Waals surface area contributed by atoms with Gasteiger partial charge in [0, 0.05) is 0 Å². The van der Waals surface area contributed by atoms with Gasteiger partial charge in [-0.15, -0.1) is 0 Å². The van der Waals surface area contributed by atoms with E-state index in [1.54, 1.807) is 13.8 Å². The maximum Gasteiger partial charge on any atom is 0.105 e. The van der Waals surface area contributed by atoms with Crippen LogP contribution in [0.5, 0.6) is 0 Å². The lowest BCUT2D eigenvalue weighted by Crippen LogP contribution is -2.15. The summed E-state index contributed by atoms with van der Waals surface area (Å²) in [7, 11) is 0. The molecule has 1 heteroatoms. The molecule has 0 spiro atoms. The Hall–Kier alpha value is -0.0700. The molecule has 0 aromatic carbocycles. The zero-order valence-corrected chi connectivity index (χ0v) is 6.87. The minimum Gasteiger partial charge on any atom is -0.244 e. The van der Waals surface area contributed by atoms with E-state index in [-0.39, 0.29) is 0 Å². The van der Waals surface area contributed by atoms with Crippen molar-refractivity contribution >= 4 is 0 Å². The third kappa shape index (κ3) is 5.81. The van der Waals surface area contributed by atoms with Gasteiger partial charge < -0.3 is 0 Å². The Balaban J connectivity index is 3.47. The summed E-state index contributed by atoms with van der Waals surface area (Å²) in [6, 6.07) is 0. The molecule has 0 heterocycles. The second-order valence-electron chi connectivity index (χ2n) is 3.44. The molecular formula is C8H17F. The van der Waals surface area contributed by atoms with E-state index < -0.39 is 5.67 Å². The molecule has 1 atom stereocenters. The highest BCUT2D eigenvalue weighted by Gasteiger charge is 2.17. The first-order valence-electron chi connectivity index (χ1n) is 3.64. The van der Waals surface area contributed by atoms with E-state index in [4.69, 9.17) is 0 Å². The molecule has 0 rings (SSSR count). The van der Waals surface area contributed by atoms with E-state index in [1.165, 1.54) is 0 Å². The van der Waals surface area contributed by atoms with Crippen molar-refractivity contribution in [2.75, 3.05) is 0 Å². The molecule has 0 radical (unpaired) electrons. The van der Waals surface area contributed by atoms with Crippen molar-refractivity contribution in [3.8, 4) is 0 Å². The highest BCUT2D eigenvalue weighted by molar-refractivity contribution is 4.68. The molecule has 0 aliphatic carbocycles. The van der Waals surface area contributed by atoms with Gasteiger partial charge in [0.15, 0.2) is 0 Å². The number of rotatable bonds is 3. The van der Waals surface area contributed by atoms with E-state index in [2.05, 4.69) is 13.8 Å². The summed E-state index contributed by atoms with van der Waals surface area (Å²) in [6.45, 7) is 7.45. The first-order valence-corrected chi connectivity index (χ1v) is 3.64. The molecule has 0 aliphatic heterocycles. The maximum absolute atomic E-state index is 12.8. The van der Waals surface area contributed by atoms with Gasteiger partial charge >= 0.3 is 0 Å². The maximum atomic E-state index is 12.8. The predicted molar refractivity (Wildman–Crippen MR) is 39.3 cm³/mol. The summed E-state index contributed by atoms with van der Waals surface area (Å²) in [4.78, 5) is 0. The number of halogens is 1. The summed E-state index contributed by atoms with van der Waals surface area (Å²) >= 11 is 0. The van der Waals surface area contributed by atoms with E-state index in [0.29, 0.717) is 12.3 Å². The number of alkyl halides is 1. The van der Waals surface area contributed by atoms with Crippen molar-refractivity contribution < 1.29 is 4.39 Å². The number of hydrogen-bond donors (Lipinski definition) is 0. The molecule has 9 heavy (non-hydrogen) atoms. The molecule has 0 N–H and O–H groups in total. The standard InChI is InChI=1S/C8H17F/c1-5-7(2)6-8(3,4)9/h7H,5-6H2,1-4H3. The lowest BCUT2D eigenvalue weighted by Gasteiger charge is -2.17. The second-order valence-corrected chi connectivity index (χ2v) is 3.44. The van der Waals surface area contributed by atoms with Crippen molar-refractivity contribution in [1.82, 2.24) is 0 Å². The van der Waals surface area contributed by atoms with Crippen molar-refractivity contribution in [3.63, 3.8) is 0 Å². The molecule has 1 unspecified atom stereocenters. The fourth-order valence-electron chi connectivity index (χ4n) is 0.973. The van der Waals surface area contributed by atoms with E-state index >= 15 is 0 Å². The highest BCUT2D eigenvalue weighted by atomic mass is 19.1. The first-order chi connectivity index (χ1) is 3.95. The molecule has 0 saturated heterocycles. The Morgan fingerprint density at radius 2 is 1.89 bits per heavy atom. The van der Waals surface area contributed by atoms with Crippen LogP contribution in [-0.2, 0) is 0 Å². The molecule has 0 aromatic rings. The SMILES string of the molecule is CCC(C)CC(C)(C)F. The Morgan fingerprint density at radius 1 is 1.44 bits per heavy atom. The molecule has 0 amide bonds. The lowest BCUT2D eigenvalue weighted by atomic mass is 9.95. The van der Waals surface area contributed by atoms with Crippen molar-refractivity contribution in [2.24, 2.45) is 5.92 Å². The Kier molecular flexibility index (Phi) is 3.16. The van der Waals surface area contributed by atoms with Crippen LogP contribution in [0.2, 0.25) is 0 Å². The summed E-state index contributed by atoms with van der Waals surface area (Å²) < 4.78 is 12.8. The summed E-state index contributed by atoms with van der Waals surface area (Å²) in [6.07, 6.45) is 1.76. The molecule has 0 nitrogen and oxygen atoms in total. The van der Waals surface area contributed by atoms with Crippen molar-refractivity contribution in [1.29, 1.82) is 0 Å². The van der Waals surface area contributed by atoms with Crippen LogP contribution < -0.4 is 0 Å². The van der Waals surface area contributed by atoms with Crippen LogP contribution in [0.4, 0.5) is 4.39 Å². The van der Waals surface area contributed by atoms with Crippen LogP contribution in [0.3, 0.4) is 0 Å². The molecule has 56 valence electrons. The van der Waals surface area contributed by atoms with Crippen molar-refractivity contribution in [2.45, 2.75) is 46.2 Å². The quantitative estimate of drug-likeness (QED) is 0.553. The molecule has 0 aromatic heterocycles. The zero-order valence-electron chi connectivity index (χ0n) is 6.87. The van der Waals surface area contributed by atoms with Crippen LogP contribution in [0.15, 0.2) is 0 Å². The van der Waals surface area contributed by atoms with Crippen molar-refractivity contribution in [3.05, 3.63) is 0 Å². The smallest absolute Gasteiger partial charge is 0.105 e. The first kappa shape index (κ1) is 8.93. The van der Waals surface area contributed by atoms with Crippen LogP contribution in [0.1, 0.15) is 40.5 Å². The largest absolute Gasteiger partial charge is 0.244 e. The monoisotopic (exact) mass is 132 g/mol. The second kappa shape index (κ2) is 3.19. The van der Waals surface area contributed by atoms with Gasteiger partial charge in [0.2, 0.25) is 0 Å². The third-order valence-corrected chi connectivity index (χ3v) is 1.53. The van der Waals surface area contributed by atoms with Crippen LogP contribution in [0.25, 0.3) is 0 Å². The summed E-state index contributed by atoms with van der Waals surface area (Å²) in [5.41, 5.74) is -0.977. The van der Waals surface area contributed by atoms with Gasteiger partial charge in [-0.25, -0.2) is 4.39 Å². The minimum absolute atomic E-state index is 0.519. The van der Waals surface area contributed by atoms with Crippen LogP contribution >= 0.6 is 0 Å². The molecule has 0 bridgehead atoms. The minimum atomic E-state index is -0.977. The molecule has 0 fully saturated rings. The zero-order chi connectivity index (χ0) is 7.49. The van der Waals surface area contributed by atoms with E-state index in [0.717, 1.165) is 6.42 Å². The molecule has 0 aliphatic rings. The van der Waals surface area contributed by atoms with Crippen LogP contribution in [0, 0.1) is 5.92 Å². The predicted octanol–water partition coefficient (Wildman–Crippen LogP) is 3.17. The molecular weight excluding hydrogens is 115 g/mol. The Morgan fingerprint density at radius 3 is 2.00 bits per heavy atom. The Labute approximate surface area is 57.5 Å². The van der Waals surface area contributed by atoms with Gasteiger partial charge in [0.25, 0.3) is 0 Å². The fourth-order valence-corrected chi connectivity index (χ4v) is 0.973. The average Bonchev–Trinajstić information content (AvgIpc) is 1.62. The van der Waals surface area contributed by atoms with Gasteiger partial charge in [0.1, 0.15) is 5.67 Å². The Bertz CT molecular complexity index is 71.1. The van der Waals surface area contributed by atoms with Gasteiger partial charge in [0.05, 0.1) is 0 Å². The average molecular weight is 132 g/mol. The summed E-state index contributed by atoms with van der Waals surface area (Å²) in [5, 5.41) is 0. The van der Waals surface area contributed by atoms with E-state index in [1.807, 2.05) is 0 Å². The van der Waals surface area contributed by atoms with Gasteiger partial charge in [-0.2, -0.15) is 0 Å². The normalized spacial score (nSPS) is 15.7. The van der Waals surface area contributed by atoms with Gasteiger partial charge in [-0.3, -0.25) is 0 Å². The van der Waals surface area contributed by atoms with Gasteiger partial charge in [-0.1, -0.05) is 20.3 Å². The van der Waals surface area contributed by atoms with E-state index in [9.17, 15) is 4.39 Å². The third-order valence-electron chi connectivity index (χ3n) is 1.53. The van der Waals surface area contributed by atoms with Gasteiger partial charge in [-0.05, 0) is 26.2 Å². The summed E-state index contributed by atoms with van der Waals surface area (Å²) in [5.74, 6) is 0.519. The fraction of sp³-hybridized carbons (Fsp3) is 1.00. The number of hydrogen-bond acceptors (Lipinski definition) is 0. The molecule has 0 saturated carbocycles. The highest BCUT2D eigenvalue weighted by Crippen LogP contribution is 2.21. The topological polar surface area (TPSA) is 0 Å².